The molecule has 31 heavy (non-hydrogen) atoms. The molecule has 2 atom stereocenters. The van der Waals surface area contributed by atoms with Crippen LogP contribution in [-0.4, -0.2) is 59.2 Å². The van der Waals surface area contributed by atoms with Gasteiger partial charge in [0.15, 0.2) is 0 Å². The Balaban J connectivity index is 1.40. The maximum Gasteiger partial charge on any atom is 0.256 e. The van der Waals surface area contributed by atoms with Gasteiger partial charge in [0.05, 0.1) is 40.7 Å². The maximum atomic E-state index is 13.5. The van der Waals surface area contributed by atoms with Crippen LogP contribution in [0.15, 0.2) is 55.1 Å². The molecule has 1 aliphatic heterocycles. The number of carbonyl (C=O) groups is 1. The molecular weight excluding hydrogens is 392 g/mol. The second-order valence-electron chi connectivity index (χ2n) is 7.92. The normalized spacial score (nSPS) is 19.0. The van der Waals surface area contributed by atoms with E-state index in [1.165, 1.54) is 4.80 Å². The van der Waals surface area contributed by atoms with E-state index in [2.05, 4.69) is 32.5 Å². The molecule has 0 aliphatic carbocycles. The number of hydrogen-bond acceptors (Lipinski definition) is 6. The van der Waals surface area contributed by atoms with Gasteiger partial charge in [-0.05, 0) is 38.0 Å². The van der Waals surface area contributed by atoms with Crippen molar-refractivity contribution in [3.63, 3.8) is 0 Å². The van der Waals surface area contributed by atoms with E-state index in [1.807, 2.05) is 53.2 Å². The van der Waals surface area contributed by atoms with Crippen molar-refractivity contribution >= 4 is 22.6 Å². The van der Waals surface area contributed by atoms with Crippen molar-refractivity contribution in [3.8, 4) is 5.69 Å². The van der Waals surface area contributed by atoms with E-state index in [9.17, 15) is 4.79 Å². The number of piperidine rings is 1. The van der Waals surface area contributed by atoms with E-state index in [1.54, 1.807) is 18.6 Å². The zero-order valence-corrected chi connectivity index (χ0v) is 17.5. The molecule has 0 spiro atoms. The minimum Gasteiger partial charge on any atom is -0.365 e. The molecule has 158 valence electrons. The second kappa shape index (κ2) is 7.82. The fourth-order valence-electron chi connectivity index (χ4n) is 4.22. The molecular formula is C22H24N8O. The standard InChI is InChI=1S/C22H24N8O/c1-15-7-8-16(27-21-18-13-26-28(2)19(18)9-10-23-21)14-29(15)22(31)17-5-3-4-6-20(17)30-24-11-12-25-30/h3-6,9-13,15-16H,7-8,14H2,1-2H3,(H,23,27)/t15-,16-/m1/s1. The van der Waals surface area contributed by atoms with Crippen molar-refractivity contribution in [1.82, 2.24) is 34.7 Å². The van der Waals surface area contributed by atoms with Gasteiger partial charge in [0, 0.05) is 31.9 Å². The van der Waals surface area contributed by atoms with Gasteiger partial charge in [-0.3, -0.25) is 9.48 Å². The molecule has 0 unspecified atom stereocenters. The number of pyridine rings is 1. The lowest BCUT2D eigenvalue weighted by Gasteiger charge is -2.38. The first-order chi connectivity index (χ1) is 15.1. The molecule has 4 heterocycles. The number of aromatic nitrogens is 6. The Morgan fingerprint density at radius 1 is 1.06 bits per heavy atom. The first-order valence-electron chi connectivity index (χ1n) is 10.4. The fraction of sp³-hybridized carbons (Fsp3) is 0.318. The van der Waals surface area contributed by atoms with Crippen molar-refractivity contribution in [1.29, 1.82) is 0 Å². The van der Waals surface area contributed by atoms with Gasteiger partial charge in [-0.25, -0.2) is 4.98 Å². The molecule has 1 amide bonds. The lowest BCUT2D eigenvalue weighted by molar-refractivity contribution is 0.0621. The van der Waals surface area contributed by atoms with Crippen LogP contribution in [-0.2, 0) is 7.05 Å². The van der Waals surface area contributed by atoms with Gasteiger partial charge in [-0.2, -0.15) is 20.1 Å². The second-order valence-corrected chi connectivity index (χ2v) is 7.92. The highest BCUT2D eigenvalue weighted by Crippen LogP contribution is 2.26. The third-order valence-corrected chi connectivity index (χ3v) is 5.93. The number of anilines is 1. The Labute approximate surface area is 179 Å². The van der Waals surface area contributed by atoms with Crippen LogP contribution >= 0.6 is 0 Å². The number of rotatable bonds is 4. The highest BCUT2D eigenvalue weighted by Gasteiger charge is 2.31. The molecule has 0 saturated carbocycles. The van der Waals surface area contributed by atoms with Crippen molar-refractivity contribution < 1.29 is 4.79 Å². The number of benzene rings is 1. The number of aryl methyl sites for hydroxylation is 1. The Morgan fingerprint density at radius 2 is 1.87 bits per heavy atom. The number of carbonyl (C=O) groups excluding carboxylic acids is 1. The lowest BCUT2D eigenvalue weighted by atomic mass is 9.97. The van der Waals surface area contributed by atoms with Crippen LogP contribution in [0.1, 0.15) is 30.1 Å². The molecule has 1 N–H and O–H groups in total. The predicted molar refractivity (Wildman–Crippen MR) is 117 cm³/mol. The minimum absolute atomic E-state index is 0.0144. The van der Waals surface area contributed by atoms with Crippen LogP contribution < -0.4 is 5.32 Å². The largest absolute Gasteiger partial charge is 0.365 e. The maximum absolute atomic E-state index is 13.5. The van der Waals surface area contributed by atoms with Crippen LogP contribution in [0.2, 0.25) is 0 Å². The average Bonchev–Trinajstić information content (AvgIpc) is 3.46. The fourth-order valence-corrected chi connectivity index (χ4v) is 4.22. The number of nitrogens with zero attached hydrogens (tertiary/aromatic N) is 7. The number of para-hydroxylation sites is 1. The summed E-state index contributed by atoms with van der Waals surface area (Å²) < 4.78 is 1.83. The quantitative estimate of drug-likeness (QED) is 0.550. The highest BCUT2D eigenvalue weighted by molar-refractivity contribution is 5.98. The molecule has 9 nitrogen and oxygen atoms in total. The van der Waals surface area contributed by atoms with Crippen LogP contribution in [0.3, 0.4) is 0 Å². The number of nitrogens with one attached hydrogen (secondary N) is 1. The molecule has 1 aliphatic rings. The van der Waals surface area contributed by atoms with E-state index in [4.69, 9.17) is 0 Å². The van der Waals surface area contributed by atoms with Gasteiger partial charge in [0.25, 0.3) is 5.91 Å². The minimum atomic E-state index is -0.0144. The lowest BCUT2D eigenvalue weighted by Crippen LogP contribution is -2.50. The third kappa shape index (κ3) is 3.52. The topological polar surface area (TPSA) is 93.8 Å². The first kappa shape index (κ1) is 19.2. The summed E-state index contributed by atoms with van der Waals surface area (Å²) in [6, 6.07) is 9.66. The Kier molecular flexibility index (Phi) is 4.85. The van der Waals surface area contributed by atoms with Crippen molar-refractivity contribution in [2.75, 3.05) is 11.9 Å². The van der Waals surface area contributed by atoms with E-state index in [0.717, 1.165) is 29.6 Å². The summed E-state index contributed by atoms with van der Waals surface area (Å²) in [5.41, 5.74) is 2.30. The third-order valence-electron chi connectivity index (χ3n) is 5.93. The zero-order valence-electron chi connectivity index (χ0n) is 17.5. The Morgan fingerprint density at radius 3 is 2.71 bits per heavy atom. The molecule has 1 fully saturated rings. The van der Waals surface area contributed by atoms with E-state index in [0.29, 0.717) is 17.8 Å². The molecule has 1 aromatic carbocycles. The van der Waals surface area contributed by atoms with Gasteiger partial charge in [0.2, 0.25) is 0 Å². The summed E-state index contributed by atoms with van der Waals surface area (Å²) >= 11 is 0. The zero-order chi connectivity index (χ0) is 21.4. The van der Waals surface area contributed by atoms with Crippen molar-refractivity contribution in [2.24, 2.45) is 7.05 Å². The summed E-state index contributed by atoms with van der Waals surface area (Å²) in [7, 11) is 1.92. The SMILES string of the molecule is C[C@@H]1CC[C@@H](Nc2nccc3c2cnn3C)CN1C(=O)c1ccccc1-n1nccn1. The Bertz CT molecular complexity index is 1220. The van der Waals surface area contributed by atoms with Gasteiger partial charge < -0.3 is 10.2 Å². The summed E-state index contributed by atoms with van der Waals surface area (Å²) in [6.07, 6.45) is 8.70. The smallest absolute Gasteiger partial charge is 0.256 e. The number of fused-ring (bicyclic) bond motifs is 1. The summed E-state index contributed by atoms with van der Waals surface area (Å²) in [6.45, 7) is 2.70. The van der Waals surface area contributed by atoms with Gasteiger partial charge in [-0.15, -0.1) is 0 Å². The number of likely N-dealkylation sites (tertiary alicyclic amines) is 1. The van der Waals surface area contributed by atoms with Crippen LogP contribution in [0, 0.1) is 0 Å². The predicted octanol–water partition coefficient (Wildman–Crippen LogP) is 2.65. The number of amides is 1. The summed E-state index contributed by atoms with van der Waals surface area (Å²) in [5.74, 6) is 0.790. The van der Waals surface area contributed by atoms with E-state index < -0.39 is 0 Å². The first-order valence-corrected chi connectivity index (χ1v) is 10.4. The van der Waals surface area contributed by atoms with Crippen LogP contribution in [0.5, 0.6) is 0 Å². The highest BCUT2D eigenvalue weighted by atomic mass is 16.2. The van der Waals surface area contributed by atoms with E-state index in [-0.39, 0.29) is 18.0 Å². The molecule has 9 heteroatoms. The van der Waals surface area contributed by atoms with Crippen LogP contribution in [0.25, 0.3) is 16.6 Å². The van der Waals surface area contributed by atoms with Crippen molar-refractivity contribution in [3.05, 3.63) is 60.7 Å². The molecule has 3 aromatic heterocycles. The molecule has 5 rings (SSSR count). The van der Waals surface area contributed by atoms with Gasteiger partial charge >= 0.3 is 0 Å². The van der Waals surface area contributed by atoms with Crippen molar-refractivity contribution in [2.45, 2.75) is 31.8 Å². The van der Waals surface area contributed by atoms with E-state index >= 15 is 0 Å². The average molecular weight is 416 g/mol. The summed E-state index contributed by atoms with van der Waals surface area (Å²) in [4.78, 5) is 21.5. The monoisotopic (exact) mass is 416 g/mol. The molecule has 0 radical (unpaired) electrons. The molecule has 1 saturated heterocycles. The summed E-state index contributed by atoms with van der Waals surface area (Å²) in [5, 5.41) is 17.3. The van der Waals surface area contributed by atoms with Gasteiger partial charge in [0.1, 0.15) is 5.82 Å². The van der Waals surface area contributed by atoms with Gasteiger partial charge in [-0.1, -0.05) is 12.1 Å². The number of hydrogen-bond donors (Lipinski definition) is 1. The Hall–Kier alpha value is -3.75. The molecule has 4 aromatic rings. The molecule has 0 bridgehead atoms. The van der Waals surface area contributed by atoms with Crippen LogP contribution in [0.4, 0.5) is 5.82 Å².